The van der Waals surface area contributed by atoms with Crippen molar-refractivity contribution in [1.82, 2.24) is 15.2 Å². The number of rotatable bonds is 5. The van der Waals surface area contributed by atoms with Crippen molar-refractivity contribution >= 4 is 23.2 Å². The summed E-state index contributed by atoms with van der Waals surface area (Å²) in [5.41, 5.74) is 0.988. The maximum Gasteiger partial charge on any atom is 0.256 e. The first-order valence-corrected chi connectivity index (χ1v) is 10.3. The van der Waals surface area contributed by atoms with Gasteiger partial charge in [0.1, 0.15) is 5.82 Å². The highest BCUT2D eigenvalue weighted by Gasteiger charge is 2.30. The minimum absolute atomic E-state index is 0.115. The molecule has 5 nitrogen and oxygen atoms in total. The van der Waals surface area contributed by atoms with Gasteiger partial charge in [-0.3, -0.25) is 9.59 Å². The molecule has 1 saturated heterocycles. The molecule has 2 heterocycles. The van der Waals surface area contributed by atoms with E-state index in [2.05, 4.69) is 10.3 Å². The van der Waals surface area contributed by atoms with Crippen LogP contribution in [0, 0.1) is 11.7 Å². The van der Waals surface area contributed by atoms with E-state index in [-0.39, 0.29) is 29.2 Å². The van der Waals surface area contributed by atoms with Crippen LogP contribution in [0.25, 0.3) is 0 Å². The van der Waals surface area contributed by atoms with E-state index in [4.69, 9.17) is 0 Å². The molecule has 0 bridgehead atoms. The van der Waals surface area contributed by atoms with E-state index in [1.54, 1.807) is 28.4 Å². The van der Waals surface area contributed by atoms with Crippen LogP contribution in [0.5, 0.6) is 0 Å². The Bertz CT molecular complexity index is 849. The molecule has 142 valence electrons. The summed E-state index contributed by atoms with van der Waals surface area (Å²) in [4.78, 5) is 30.8. The van der Waals surface area contributed by atoms with Crippen molar-refractivity contribution in [2.75, 3.05) is 13.1 Å². The number of carbonyl (C=O) groups excluding carboxylic acids is 2. The number of benzene rings is 1. The zero-order chi connectivity index (χ0) is 18.8. The molecule has 2 aliphatic rings. The Kier molecular flexibility index (Phi) is 5.20. The second-order valence-corrected chi connectivity index (χ2v) is 8.13. The molecular formula is C20H22FN3O2S. The molecule has 1 aromatic heterocycles. The van der Waals surface area contributed by atoms with Gasteiger partial charge in [-0.25, -0.2) is 9.37 Å². The summed E-state index contributed by atoms with van der Waals surface area (Å²) in [6.07, 6.45) is 3.81. The molecule has 4 rings (SSSR count). The van der Waals surface area contributed by atoms with Crippen LogP contribution in [0.2, 0.25) is 0 Å². The van der Waals surface area contributed by atoms with Gasteiger partial charge < -0.3 is 10.2 Å². The number of hydrogen-bond acceptors (Lipinski definition) is 4. The molecule has 0 spiro atoms. The molecule has 2 fully saturated rings. The summed E-state index contributed by atoms with van der Waals surface area (Å²) in [5.74, 6) is -0.269. The average Bonchev–Trinajstić information content (AvgIpc) is 3.44. The molecule has 1 aromatic carbocycles. The third kappa shape index (κ3) is 4.18. The zero-order valence-corrected chi connectivity index (χ0v) is 15.8. The summed E-state index contributed by atoms with van der Waals surface area (Å²) < 4.78 is 13.9. The van der Waals surface area contributed by atoms with E-state index in [1.807, 2.05) is 5.38 Å². The smallest absolute Gasteiger partial charge is 0.256 e. The summed E-state index contributed by atoms with van der Waals surface area (Å²) in [6, 6.07) is 6.12. The monoisotopic (exact) mass is 387 g/mol. The van der Waals surface area contributed by atoms with Gasteiger partial charge in [0.2, 0.25) is 5.91 Å². The van der Waals surface area contributed by atoms with Crippen LogP contribution in [0.1, 0.15) is 52.7 Å². The quantitative estimate of drug-likeness (QED) is 0.856. The first-order chi connectivity index (χ1) is 13.1. The van der Waals surface area contributed by atoms with Crippen molar-refractivity contribution in [2.45, 2.75) is 38.1 Å². The molecule has 1 saturated carbocycles. The van der Waals surface area contributed by atoms with Gasteiger partial charge in [0, 0.05) is 30.3 Å². The largest absolute Gasteiger partial charge is 0.350 e. The van der Waals surface area contributed by atoms with E-state index in [9.17, 15) is 14.0 Å². The van der Waals surface area contributed by atoms with Crippen LogP contribution in [-0.4, -0.2) is 34.8 Å². The van der Waals surface area contributed by atoms with Crippen molar-refractivity contribution in [3.63, 3.8) is 0 Å². The summed E-state index contributed by atoms with van der Waals surface area (Å²) in [5, 5.41) is 5.89. The number of aromatic nitrogens is 1. The lowest BCUT2D eigenvalue weighted by atomic mass is 9.98. The Labute approximate surface area is 161 Å². The maximum absolute atomic E-state index is 13.9. The minimum atomic E-state index is -0.479. The van der Waals surface area contributed by atoms with Crippen LogP contribution >= 0.6 is 11.3 Å². The van der Waals surface area contributed by atoms with Gasteiger partial charge in [0.15, 0.2) is 0 Å². The van der Waals surface area contributed by atoms with Crippen molar-refractivity contribution < 1.29 is 14.0 Å². The Morgan fingerprint density at radius 1 is 1.26 bits per heavy atom. The fourth-order valence-electron chi connectivity index (χ4n) is 3.43. The summed E-state index contributed by atoms with van der Waals surface area (Å²) in [6.45, 7) is 1.64. The molecule has 0 unspecified atom stereocenters. The fraction of sp³-hybridized carbons (Fsp3) is 0.450. The van der Waals surface area contributed by atoms with Gasteiger partial charge in [-0.15, -0.1) is 11.3 Å². The number of carbonyl (C=O) groups is 2. The third-order valence-corrected chi connectivity index (χ3v) is 6.18. The van der Waals surface area contributed by atoms with Crippen LogP contribution in [0.4, 0.5) is 4.39 Å². The molecular weight excluding hydrogens is 365 g/mol. The van der Waals surface area contributed by atoms with Gasteiger partial charge >= 0.3 is 0 Å². The van der Waals surface area contributed by atoms with Crippen molar-refractivity contribution in [3.8, 4) is 0 Å². The number of piperidine rings is 1. The highest BCUT2D eigenvalue weighted by Crippen LogP contribution is 2.31. The van der Waals surface area contributed by atoms with Gasteiger partial charge in [-0.2, -0.15) is 0 Å². The lowest BCUT2D eigenvalue weighted by Gasteiger charge is -2.32. The van der Waals surface area contributed by atoms with Crippen molar-refractivity contribution in [1.29, 1.82) is 0 Å². The number of nitrogens with zero attached hydrogens (tertiary/aromatic N) is 2. The SMILES string of the molecule is O=C(NCc1csc([C@@H]2CCCN(C(=O)c3ccccc3F)C2)n1)C1CC1. The third-order valence-electron chi connectivity index (χ3n) is 5.12. The van der Waals surface area contributed by atoms with E-state index in [0.29, 0.717) is 19.6 Å². The molecule has 1 atom stereocenters. The second-order valence-electron chi connectivity index (χ2n) is 7.24. The highest BCUT2D eigenvalue weighted by molar-refractivity contribution is 7.09. The number of nitrogens with one attached hydrogen (secondary N) is 1. The minimum Gasteiger partial charge on any atom is -0.350 e. The zero-order valence-electron chi connectivity index (χ0n) is 15.0. The molecule has 1 N–H and O–H groups in total. The second kappa shape index (κ2) is 7.76. The molecule has 7 heteroatoms. The van der Waals surface area contributed by atoms with Crippen molar-refractivity contribution in [2.24, 2.45) is 5.92 Å². The highest BCUT2D eigenvalue weighted by atomic mass is 32.1. The number of halogens is 1. The fourth-order valence-corrected chi connectivity index (χ4v) is 4.37. The Morgan fingerprint density at radius 3 is 2.85 bits per heavy atom. The van der Waals surface area contributed by atoms with Gasteiger partial charge in [0.25, 0.3) is 5.91 Å². The summed E-state index contributed by atoms with van der Waals surface area (Å²) >= 11 is 1.57. The maximum atomic E-state index is 13.9. The van der Waals surface area contributed by atoms with Gasteiger partial charge in [0.05, 0.1) is 22.8 Å². The molecule has 2 aromatic rings. The van der Waals surface area contributed by atoms with Gasteiger partial charge in [-0.1, -0.05) is 12.1 Å². The van der Waals surface area contributed by atoms with E-state index >= 15 is 0 Å². The normalized spacial score (nSPS) is 19.7. The Balaban J connectivity index is 1.38. The number of likely N-dealkylation sites (tertiary alicyclic amines) is 1. The molecule has 1 aliphatic carbocycles. The van der Waals surface area contributed by atoms with Crippen LogP contribution < -0.4 is 5.32 Å². The molecule has 0 radical (unpaired) electrons. The number of hydrogen-bond donors (Lipinski definition) is 1. The molecule has 2 amide bonds. The lowest BCUT2D eigenvalue weighted by molar-refractivity contribution is -0.122. The molecule has 1 aliphatic heterocycles. The first-order valence-electron chi connectivity index (χ1n) is 9.37. The summed E-state index contributed by atoms with van der Waals surface area (Å²) in [7, 11) is 0. The lowest BCUT2D eigenvalue weighted by Crippen LogP contribution is -2.39. The van der Waals surface area contributed by atoms with E-state index < -0.39 is 5.82 Å². The van der Waals surface area contributed by atoms with Crippen LogP contribution in [-0.2, 0) is 11.3 Å². The van der Waals surface area contributed by atoms with Crippen LogP contribution in [0.3, 0.4) is 0 Å². The Hall–Kier alpha value is -2.28. The predicted octanol–water partition coefficient (Wildman–Crippen LogP) is 3.33. The van der Waals surface area contributed by atoms with E-state index in [0.717, 1.165) is 36.4 Å². The van der Waals surface area contributed by atoms with Gasteiger partial charge in [-0.05, 0) is 37.8 Å². The Morgan fingerprint density at radius 2 is 2.07 bits per heavy atom. The average molecular weight is 387 g/mol. The number of amides is 2. The van der Waals surface area contributed by atoms with E-state index in [1.165, 1.54) is 12.1 Å². The predicted molar refractivity (Wildman–Crippen MR) is 101 cm³/mol. The number of thiazole rings is 1. The van der Waals surface area contributed by atoms with Crippen molar-refractivity contribution in [3.05, 3.63) is 51.7 Å². The topological polar surface area (TPSA) is 62.3 Å². The first kappa shape index (κ1) is 18.1. The van der Waals surface area contributed by atoms with Crippen LogP contribution in [0.15, 0.2) is 29.6 Å². The molecule has 27 heavy (non-hydrogen) atoms. The standard InChI is InChI=1S/C20H22FN3O2S/c21-17-6-2-1-5-16(17)20(26)24-9-3-4-14(11-24)19-23-15(12-27-19)10-22-18(25)13-7-8-13/h1-2,5-6,12-14H,3-4,7-11H2,(H,22,25)/t14-/m1/s1.